The van der Waals surface area contributed by atoms with Crippen molar-refractivity contribution in [2.24, 2.45) is 22.9 Å². The zero-order valence-corrected chi connectivity index (χ0v) is 38.4. The van der Waals surface area contributed by atoms with Crippen LogP contribution in [-0.2, 0) is 27.5 Å². The quantitative estimate of drug-likeness (QED) is 0.0233. The third kappa shape index (κ3) is 11.9. The normalized spacial score (nSPS) is 22.5. The molecule has 2 aliphatic carbocycles. The molecule has 13 heteroatoms. The molecule has 0 spiro atoms. The maximum Gasteiger partial charge on any atom is 0.410 e. The number of oxime groups is 1. The summed E-state index contributed by atoms with van der Waals surface area (Å²) in [6, 6.07) is 31.2. The predicted molar refractivity (Wildman–Crippen MR) is 253 cm³/mol. The molecule has 3 aliphatic rings. The van der Waals surface area contributed by atoms with Crippen molar-refractivity contribution in [3.05, 3.63) is 150 Å². The summed E-state index contributed by atoms with van der Waals surface area (Å²) in [4.78, 5) is 23.5. The van der Waals surface area contributed by atoms with Gasteiger partial charge in [0.1, 0.15) is 36.6 Å². The molecule has 1 amide bonds. The largest absolute Gasteiger partial charge is 0.493 e. The van der Waals surface area contributed by atoms with E-state index in [0.29, 0.717) is 42.2 Å². The number of fused-ring (bicyclic) bond motifs is 2. The fourth-order valence-corrected chi connectivity index (χ4v) is 10.5. The van der Waals surface area contributed by atoms with Crippen LogP contribution in [0.4, 0.5) is 9.18 Å². The number of unbranched alkanes of at least 4 members (excludes halogenated alkanes) is 2. The summed E-state index contributed by atoms with van der Waals surface area (Å²) in [7, 11) is 0. The number of allylic oxidation sites excluding steroid dienone is 1. The molecule has 1 saturated carbocycles. The smallest absolute Gasteiger partial charge is 0.410 e. The van der Waals surface area contributed by atoms with Gasteiger partial charge in [0.25, 0.3) is 0 Å². The van der Waals surface area contributed by atoms with E-state index in [4.69, 9.17) is 40.5 Å². The van der Waals surface area contributed by atoms with E-state index in [-0.39, 0.29) is 69.6 Å². The molecular weight excluding hydrogens is 867 g/mol. The van der Waals surface area contributed by atoms with E-state index in [1.54, 1.807) is 34.9 Å². The average Bonchev–Trinajstić information content (AvgIpc) is 3.33. The lowest BCUT2D eigenvalue weighted by Crippen LogP contribution is -2.70. The number of aliphatic hydroxyl groups is 2. The summed E-state index contributed by atoms with van der Waals surface area (Å²) in [5.41, 5.74) is 4.12. The highest BCUT2D eigenvalue weighted by molar-refractivity contribution is 7.99. The van der Waals surface area contributed by atoms with Crippen LogP contribution < -0.4 is 9.47 Å². The Morgan fingerprint density at radius 2 is 1.68 bits per heavy atom. The molecule has 6 unspecified atom stereocenters. The number of alkyl halides is 1. The molecule has 1 aliphatic heterocycles. The molecule has 4 aromatic carbocycles. The van der Waals surface area contributed by atoms with Gasteiger partial charge in [-0.2, -0.15) is 0 Å². The molecule has 7 rings (SSSR count). The summed E-state index contributed by atoms with van der Waals surface area (Å²) in [6.07, 6.45) is 7.97. The van der Waals surface area contributed by atoms with Crippen LogP contribution in [0.25, 0.3) is 0 Å². The van der Waals surface area contributed by atoms with E-state index >= 15 is 0 Å². The third-order valence-electron chi connectivity index (χ3n) is 12.4. The highest BCUT2D eigenvalue weighted by atomic mass is 35.5. The van der Waals surface area contributed by atoms with Gasteiger partial charge in [-0.3, -0.25) is 4.90 Å². The molecule has 65 heavy (non-hydrogen) atoms. The Morgan fingerprint density at radius 3 is 2.40 bits per heavy atom. The van der Waals surface area contributed by atoms with Gasteiger partial charge in [-0.25, -0.2) is 9.18 Å². The number of carbonyl (C=O) groups excluding carboxylic acids is 1. The first-order valence-electron chi connectivity index (χ1n) is 22.7. The number of halogens is 2. The molecule has 10 nitrogen and oxygen atoms in total. The molecule has 0 saturated heterocycles. The Labute approximate surface area is 391 Å². The van der Waals surface area contributed by atoms with Crippen LogP contribution in [0.1, 0.15) is 67.6 Å². The van der Waals surface area contributed by atoms with Crippen molar-refractivity contribution in [2.45, 2.75) is 80.7 Å². The average molecular weight is 928 g/mol. The predicted octanol–water partition coefficient (Wildman–Crippen LogP) is 10.7. The number of nitrogens with zero attached hydrogens (tertiary/aromatic N) is 2. The third-order valence-corrected chi connectivity index (χ3v) is 13.6. The van der Waals surface area contributed by atoms with Gasteiger partial charge in [-0.1, -0.05) is 90.8 Å². The van der Waals surface area contributed by atoms with E-state index in [1.807, 2.05) is 60.7 Å². The van der Waals surface area contributed by atoms with Crippen LogP contribution in [0.15, 0.2) is 137 Å². The topological polar surface area (TPSA) is 119 Å². The Balaban J connectivity index is 1.39. The highest BCUT2D eigenvalue weighted by Gasteiger charge is 2.65. The lowest BCUT2D eigenvalue weighted by atomic mass is 9.55. The number of benzene rings is 4. The zero-order chi connectivity index (χ0) is 45.4. The van der Waals surface area contributed by atoms with Crippen molar-refractivity contribution >= 4 is 35.2 Å². The molecule has 0 aromatic heterocycles. The van der Waals surface area contributed by atoms with E-state index in [9.17, 15) is 19.4 Å². The number of ether oxygens (including phenoxy) is 4. The van der Waals surface area contributed by atoms with Crippen LogP contribution in [0.2, 0.25) is 0 Å². The van der Waals surface area contributed by atoms with Gasteiger partial charge < -0.3 is 34.0 Å². The van der Waals surface area contributed by atoms with Gasteiger partial charge in [0.15, 0.2) is 0 Å². The van der Waals surface area contributed by atoms with Crippen molar-refractivity contribution in [3.8, 4) is 11.5 Å². The van der Waals surface area contributed by atoms with Crippen LogP contribution in [0.5, 0.6) is 11.5 Å². The Bertz CT molecular complexity index is 2200. The van der Waals surface area contributed by atoms with Crippen LogP contribution in [-0.4, -0.2) is 83.4 Å². The fraction of sp³-hybridized carbons (Fsp3) is 0.423. The molecule has 6 atom stereocenters. The van der Waals surface area contributed by atoms with E-state index in [1.165, 1.54) is 17.0 Å². The lowest BCUT2D eigenvalue weighted by molar-refractivity contribution is -0.256. The van der Waals surface area contributed by atoms with Gasteiger partial charge in [-0.15, -0.1) is 29.9 Å². The van der Waals surface area contributed by atoms with Crippen molar-refractivity contribution < 1.29 is 43.2 Å². The van der Waals surface area contributed by atoms with Gasteiger partial charge >= 0.3 is 6.09 Å². The number of carbonyl (C=O) groups is 1. The standard InChI is InChI=1S/C52H60ClFN2O8S/c1-2-28-62-52-48(56(51(59)61-29-25-53)35-37-19-21-40(54)22-20-37)34-46(55-63-36-38-13-5-3-6-14-38)44-32-39(15-9-11-26-57)43(18-10-12-27-58)49(50(44)52)45-33-41(23-24-47(45)64-52)60-30-31-65-42-16-7-4-8-17-42/h2-8,13-14,16-17,19-24,32-33,39,43,48-50,57-58H,1,9-12,15,18,25-31,34-36H2. The first-order chi connectivity index (χ1) is 31.9. The van der Waals surface area contributed by atoms with Crippen LogP contribution in [0, 0.1) is 23.6 Å². The molecule has 1 heterocycles. The minimum Gasteiger partial charge on any atom is -0.493 e. The first kappa shape index (κ1) is 48.1. The van der Waals surface area contributed by atoms with Crippen molar-refractivity contribution in [2.75, 3.05) is 44.7 Å². The molecular formula is C52H60ClFN2O8S. The number of thioether (sulfide) groups is 1. The fourth-order valence-electron chi connectivity index (χ4n) is 9.63. The summed E-state index contributed by atoms with van der Waals surface area (Å²) in [5.74, 6) is -0.497. The Morgan fingerprint density at radius 1 is 0.938 bits per heavy atom. The summed E-state index contributed by atoms with van der Waals surface area (Å²) >= 11 is 7.83. The van der Waals surface area contributed by atoms with Crippen molar-refractivity contribution in [1.29, 1.82) is 0 Å². The Hall–Kier alpha value is -4.85. The van der Waals surface area contributed by atoms with E-state index in [2.05, 4.69) is 30.9 Å². The zero-order valence-electron chi connectivity index (χ0n) is 36.8. The summed E-state index contributed by atoms with van der Waals surface area (Å²) in [6.45, 7) is 4.99. The van der Waals surface area contributed by atoms with Crippen LogP contribution >= 0.6 is 23.4 Å². The van der Waals surface area contributed by atoms with E-state index < -0.39 is 29.7 Å². The van der Waals surface area contributed by atoms with Crippen LogP contribution in [0.3, 0.4) is 0 Å². The van der Waals surface area contributed by atoms with Gasteiger partial charge in [0, 0.05) is 48.3 Å². The van der Waals surface area contributed by atoms with Gasteiger partial charge in [-0.05, 0) is 96.7 Å². The second-order valence-corrected chi connectivity index (χ2v) is 18.1. The maximum absolute atomic E-state index is 14.6. The van der Waals surface area contributed by atoms with Crippen molar-refractivity contribution in [1.82, 2.24) is 4.90 Å². The molecule has 0 bridgehead atoms. The second-order valence-electron chi connectivity index (χ2n) is 16.6. The number of amides is 1. The molecule has 0 radical (unpaired) electrons. The number of rotatable bonds is 24. The highest BCUT2D eigenvalue weighted by Crippen LogP contribution is 2.62. The number of hydrogen-bond acceptors (Lipinski definition) is 10. The summed E-state index contributed by atoms with van der Waals surface area (Å²) < 4.78 is 41.0. The number of hydrogen-bond donors (Lipinski definition) is 2. The SMILES string of the molecule is C=CCOC12Oc3ccc(OCCSc4ccccc4)cc3C3C(CCCCO)C(CCCCO)C=C(C(=NOCc4ccccc4)CC1N(Cc1ccc(F)cc1)C(=O)OCCCl)C32. The molecule has 4 aromatic rings. The minimum atomic E-state index is -1.52. The lowest BCUT2D eigenvalue weighted by Gasteiger charge is -2.59. The second kappa shape index (κ2) is 24.1. The van der Waals surface area contributed by atoms with Gasteiger partial charge in [0.05, 0.1) is 30.7 Å². The molecule has 2 N–H and O–H groups in total. The summed E-state index contributed by atoms with van der Waals surface area (Å²) in [5, 5.41) is 24.9. The van der Waals surface area contributed by atoms with Crippen molar-refractivity contribution in [3.63, 3.8) is 0 Å². The van der Waals surface area contributed by atoms with E-state index in [0.717, 1.165) is 48.1 Å². The molecule has 1 fully saturated rings. The maximum atomic E-state index is 14.6. The van der Waals surface area contributed by atoms with Gasteiger partial charge in [0.2, 0.25) is 5.79 Å². The minimum absolute atomic E-state index is 0.0196. The monoisotopic (exact) mass is 926 g/mol. The number of aliphatic hydroxyl groups excluding tert-OH is 2. The Kier molecular flexibility index (Phi) is 17.8. The molecule has 346 valence electrons. The first-order valence-corrected chi connectivity index (χ1v) is 24.2.